The van der Waals surface area contributed by atoms with E-state index in [2.05, 4.69) is 20.7 Å². The molecule has 0 bridgehead atoms. The molecule has 144 valence electrons. The largest absolute Gasteiger partial charge is 0.435 e. The first kappa shape index (κ1) is 22.6. The van der Waals surface area contributed by atoms with E-state index in [0.29, 0.717) is 24.1 Å². The average molecular weight is 502 g/mol. The Balaban J connectivity index is 0.00000338. The van der Waals surface area contributed by atoms with Crippen molar-refractivity contribution in [1.29, 1.82) is 0 Å². The molecule has 2 aromatic rings. The molecule has 0 atom stereocenters. The van der Waals surface area contributed by atoms with Crippen LogP contribution in [0.5, 0.6) is 0 Å². The smallest absolute Gasteiger partial charge is 0.357 e. The molecular weight excluding hydrogens is 482 g/mol. The van der Waals surface area contributed by atoms with Gasteiger partial charge < -0.3 is 10.6 Å². The van der Waals surface area contributed by atoms with E-state index in [9.17, 15) is 13.2 Å². The number of aromatic nitrogens is 2. The molecule has 0 aliphatic rings. The minimum Gasteiger partial charge on any atom is -0.357 e. The van der Waals surface area contributed by atoms with E-state index in [1.807, 2.05) is 25.1 Å². The first-order chi connectivity index (χ1) is 11.8. The van der Waals surface area contributed by atoms with Crippen molar-refractivity contribution in [3.63, 3.8) is 0 Å². The Morgan fingerprint density at radius 2 is 1.92 bits per heavy atom. The molecule has 0 spiro atoms. The van der Waals surface area contributed by atoms with Crippen LogP contribution in [0.4, 0.5) is 13.2 Å². The zero-order valence-electron chi connectivity index (χ0n) is 14.3. The summed E-state index contributed by atoms with van der Waals surface area (Å²) in [6, 6.07) is 7.32. The monoisotopic (exact) mass is 501 g/mol. The van der Waals surface area contributed by atoms with E-state index in [1.54, 1.807) is 6.07 Å². The molecule has 0 amide bonds. The number of aliphatic imine (C=N–C) groups is 1. The van der Waals surface area contributed by atoms with Gasteiger partial charge in [-0.1, -0.05) is 29.8 Å². The molecule has 1 heterocycles. The molecule has 0 radical (unpaired) electrons. The topological polar surface area (TPSA) is 54.2 Å². The first-order valence-corrected chi connectivity index (χ1v) is 8.04. The Morgan fingerprint density at radius 3 is 2.54 bits per heavy atom. The lowest BCUT2D eigenvalue weighted by Crippen LogP contribution is -2.36. The number of guanidine groups is 1. The molecule has 0 fully saturated rings. The Labute approximate surface area is 172 Å². The molecule has 5 nitrogen and oxygen atoms in total. The van der Waals surface area contributed by atoms with Gasteiger partial charge in [0.25, 0.3) is 0 Å². The highest BCUT2D eigenvalue weighted by Crippen LogP contribution is 2.30. The van der Waals surface area contributed by atoms with E-state index in [1.165, 1.54) is 13.2 Å². The van der Waals surface area contributed by atoms with Crippen molar-refractivity contribution in [3.8, 4) is 0 Å². The van der Waals surface area contributed by atoms with Crippen molar-refractivity contribution in [3.05, 3.63) is 52.3 Å². The van der Waals surface area contributed by atoms with Gasteiger partial charge in [0.15, 0.2) is 11.7 Å². The highest BCUT2D eigenvalue weighted by Gasteiger charge is 2.36. The van der Waals surface area contributed by atoms with Crippen LogP contribution in [0.25, 0.3) is 0 Å². The molecule has 2 N–H and O–H groups in total. The highest BCUT2D eigenvalue weighted by molar-refractivity contribution is 14.0. The summed E-state index contributed by atoms with van der Waals surface area (Å²) >= 11 is 6.10. The summed E-state index contributed by atoms with van der Waals surface area (Å²) in [6.07, 6.45) is -3.18. The molecule has 0 aliphatic heterocycles. The van der Waals surface area contributed by atoms with E-state index in [-0.39, 0.29) is 36.1 Å². The number of nitrogens with one attached hydrogen (secondary N) is 2. The summed E-state index contributed by atoms with van der Waals surface area (Å²) in [5.41, 5.74) is -0.0298. The second-order valence-electron chi connectivity index (χ2n) is 5.31. The highest BCUT2D eigenvalue weighted by atomic mass is 127. The maximum absolute atomic E-state index is 13.0. The number of halogens is 5. The van der Waals surface area contributed by atoms with E-state index < -0.39 is 11.9 Å². The van der Waals surface area contributed by atoms with Crippen molar-refractivity contribution in [2.75, 3.05) is 6.54 Å². The van der Waals surface area contributed by atoms with Crippen LogP contribution in [0.2, 0.25) is 5.02 Å². The predicted octanol–water partition coefficient (Wildman–Crippen LogP) is 3.97. The standard InChI is InChI=1S/C16H19ClF3N5.HI/c1-3-21-15(22-8-11-6-4-5-7-13(11)17)23-9-12-10-25(2)24-14(12)16(18,19)20;/h4-7,10H,3,8-9H2,1-2H3,(H2,21,22,23);1H. The molecule has 2 rings (SSSR count). The summed E-state index contributed by atoms with van der Waals surface area (Å²) in [5, 5.41) is 10.1. The molecule has 0 unspecified atom stereocenters. The summed E-state index contributed by atoms with van der Waals surface area (Å²) in [7, 11) is 1.45. The molecule has 10 heteroatoms. The number of benzene rings is 1. The van der Waals surface area contributed by atoms with Crippen LogP contribution in [-0.2, 0) is 26.3 Å². The third-order valence-corrected chi connectivity index (χ3v) is 3.70. The Morgan fingerprint density at radius 1 is 1.23 bits per heavy atom. The van der Waals surface area contributed by atoms with Crippen LogP contribution >= 0.6 is 35.6 Å². The Hall–Kier alpha value is -1.49. The van der Waals surface area contributed by atoms with Crippen LogP contribution < -0.4 is 10.6 Å². The van der Waals surface area contributed by atoms with Crippen molar-refractivity contribution < 1.29 is 13.2 Å². The van der Waals surface area contributed by atoms with E-state index in [0.717, 1.165) is 10.2 Å². The molecule has 1 aromatic heterocycles. The SMILES string of the molecule is CCNC(=NCc1cn(C)nc1C(F)(F)F)NCc1ccccc1Cl.I. The quantitative estimate of drug-likeness (QED) is 0.370. The van der Waals surface area contributed by atoms with Gasteiger partial charge in [-0.05, 0) is 18.6 Å². The Bertz CT molecular complexity index is 746. The molecule has 0 aliphatic carbocycles. The molecule has 26 heavy (non-hydrogen) atoms. The van der Waals surface area contributed by atoms with Crippen molar-refractivity contribution in [2.45, 2.75) is 26.2 Å². The number of alkyl halides is 3. The number of hydrogen-bond donors (Lipinski definition) is 2. The molecule has 0 saturated carbocycles. The second kappa shape index (κ2) is 10.0. The maximum atomic E-state index is 13.0. The number of rotatable bonds is 5. The lowest BCUT2D eigenvalue weighted by Gasteiger charge is -2.12. The summed E-state index contributed by atoms with van der Waals surface area (Å²) in [5.74, 6) is 0.402. The second-order valence-corrected chi connectivity index (χ2v) is 5.72. The summed E-state index contributed by atoms with van der Waals surface area (Å²) in [6.45, 7) is 2.72. The summed E-state index contributed by atoms with van der Waals surface area (Å²) < 4.78 is 40.1. The zero-order chi connectivity index (χ0) is 18.4. The van der Waals surface area contributed by atoms with E-state index in [4.69, 9.17) is 11.6 Å². The zero-order valence-corrected chi connectivity index (χ0v) is 17.4. The fraction of sp³-hybridized carbons (Fsp3) is 0.375. The van der Waals surface area contributed by atoms with Gasteiger partial charge in [-0.2, -0.15) is 18.3 Å². The maximum Gasteiger partial charge on any atom is 0.435 e. The molecular formula is C16H20ClF3IN5. The van der Waals surface area contributed by atoms with Gasteiger partial charge in [-0.15, -0.1) is 24.0 Å². The van der Waals surface area contributed by atoms with Gasteiger partial charge in [0.05, 0.1) is 6.54 Å². The lowest BCUT2D eigenvalue weighted by molar-refractivity contribution is -0.142. The fourth-order valence-corrected chi connectivity index (χ4v) is 2.42. The van der Waals surface area contributed by atoms with Gasteiger partial charge in [0.2, 0.25) is 0 Å². The van der Waals surface area contributed by atoms with Gasteiger partial charge in [0.1, 0.15) is 0 Å². The predicted molar refractivity (Wildman–Crippen MR) is 107 cm³/mol. The number of aryl methyl sites for hydroxylation is 1. The van der Waals surface area contributed by atoms with Gasteiger partial charge in [-0.3, -0.25) is 4.68 Å². The molecule has 1 aromatic carbocycles. The summed E-state index contributed by atoms with van der Waals surface area (Å²) in [4.78, 5) is 4.21. The molecule has 0 saturated heterocycles. The minimum atomic E-state index is -4.50. The first-order valence-electron chi connectivity index (χ1n) is 7.66. The number of nitrogens with zero attached hydrogens (tertiary/aromatic N) is 3. The van der Waals surface area contributed by atoms with Crippen LogP contribution in [0.3, 0.4) is 0 Å². The lowest BCUT2D eigenvalue weighted by atomic mass is 10.2. The van der Waals surface area contributed by atoms with Gasteiger partial charge >= 0.3 is 6.18 Å². The van der Waals surface area contributed by atoms with Gasteiger partial charge in [0, 0.05) is 36.9 Å². The Kier molecular flexibility index (Phi) is 8.68. The number of hydrogen-bond acceptors (Lipinski definition) is 2. The third kappa shape index (κ3) is 6.35. The normalized spacial score (nSPS) is 11.8. The van der Waals surface area contributed by atoms with E-state index >= 15 is 0 Å². The van der Waals surface area contributed by atoms with Crippen molar-refractivity contribution >= 4 is 41.5 Å². The van der Waals surface area contributed by atoms with Crippen molar-refractivity contribution in [2.24, 2.45) is 12.0 Å². The third-order valence-electron chi connectivity index (χ3n) is 3.33. The van der Waals surface area contributed by atoms with Crippen molar-refractivity contribution in [1.82, 2.24) is 20.4 Å². The fourth-order valence-electron chi connectivity index (χ4n) is 2.22. The van der Waals surface area contributed by atoms with Crippen LogP contribution in [0.15, 0.2) is 35.5 Å². The van der Waals surface area contributed by atoms with Crippen LogP contribution in [0.1, 0.15) is 23.7 Å². The van der Waals surface area contributed by atoms with Crippen LogP contribution in [0, 0.1) is 0 Å². The minimum absolute atomic E-state index is 0. The average Bonchev–Trinajstić information content (AvgIpc) is 2.92. The van der Waals surface area contributed by atoms with Gasteiger partial charge in [-0.25, -0.2) is 4.99 Å². The van der Waals surface area contributed by atoms with Crippen LogP contribution in [-0.4, -0.2) is 22.3 Å².